The highest BCUT2D eigenvalue weighted by Crippen LogP contribution is 2.45. The van der Waals surface area contributed by atoms with Crippen LogP contribution in [0.3, 0.4) is 0 Å². The van der Waals surface area contributed by atoms with E-state index in [2.05, 4.69) is 35.6 Å². The Hall–Kier alpha value is -3.22. The number of rotatable bonds is 4. The number of halogens is 2. The van der Waals surface area contributed by atoms with Crippen LogP contribution in [0.5, 0.6) is 0 Å². The Labute approximate surface area is 209 Å². The summed E-state index contributed by atoms with van der Waals surface area (Å²) in [6, 6.07) is 19.8. The molecule has 3 heterocycles. The maximum atomic E-state index is 15.1. The molecule has 0 aliphatic carbocycles. The average Bonchev–Trinajstić information content (AvgIpc) is 3.27. The van der Waals surface area contributed by atoms with Crippen molar-refractivity contribution in [2.24, 2.45) is 0 Å². The first-order chi connectivity index (χ1) is 16.4. The number of nitrogens with one attached hydrogen (secondary N) is 1. The van der Waals surface area contributed by atoms with Gasteiger partial charge in [0.05, 0.1) is 23.5 Å². The van der Waals surface area contributed by atoms with Crippen LogP contribution in [0.2, 0.25) is 5.02 Å². The lowest BCUT2D eigenvalue weighted by molar-refractivity contribution is 0.554. The molecule has 0 amide bonds. The Bertz CT molecular complexity index is 1380. The van der Waals surface area contributed by atoms with E-state index in [4.69, 9.17) is 23.8 Å². The number of pyridine rings is 1. The van der Waals surface area contributed by atoms with Crippen molar-refractivity contribution in [1.82, 2.24) is 14.9 Å². The molecule has 1 N–H and O–H groups in total. The summed E-state index contributed by atoms with van der Waals surface area (Å²) in [7, 11) is 0. The highest BCUT2D eigenvalue weighted by Gasteiger charge is 2.44. The number of hydrogen-bond acceptors (Lipinski definition) is 2. The minimum atomic E-state index is -0.320. The molecule has 0 saturated carbocycles. The Morgan fingerprint density at radius 3 is 2.44 bits per heavy atom. The second-order valence-electron chi connectivity index (χ2n) is 8.47. The van der Waals surface area contributed by atoms with Gasteiger partial charge in [-0.2, -0.15) is 0 Å². The van der Waals surface area contributed by atoms with Crippen molar-refractivity contribution in [3.05, 3.63) is 112 Å². The number of nitrogens with zero attached hydrogens (tertiary/aromatic N) is 3. The zero-order valence-electron chi connectivity index (χ0n) is 19.1. The molecule has 0 unspecified atom stereocenters. The summed E-state index contributed by atoms with van der Waals surface area (Å²) in [5.74, 6) is -0.320. The first-order valence-corrected chi connectivity index (χ1v) is 11.9. The van der Waals surface area contributed by atoms with Gasteiger partial charge in [-0.3, -0.25) is 4.98 Å². The first kappa shape index (κ1) is 22.6. The molecule has 0 bridgehead atoms. The van der Waals surface area contributed by atoms with Crippen LogP contribution in [0.4, 0.5) is 10.1 Å². The molecule has 7 heteroatoms. The largest absolute Gasteiger partial charge is 0.351 e. The van der Waals surface area contributed by atoms with E-state index in [9.17, 15) is 0 Å². The fraction of sp³-hybridized carbons (Fsp3) is 0.185. The quantitative estimate of drug-likeness (QED) is 0.320. The summed E-state index contributed by atoms with van der Waals surface area (Å²) in [5, 5.41) is 4.57. The van der Waals surface area contributed by atoms with E-state index in [1.54, 1.807) is 18.3 Å². The van der Waals surface area contributed by atoms with Gasteiger partial charge in [-0.1, -0.05) is 35.9 Å². The molecule has 0 spiro atoms. The standard InChI is InChI=1S/C27H24ClFN4S/c1-16-17(2)32(20-10-8-9-19(28)15-20)18(3)24(16)26-25(22-12-6-7-14-30-22)31-27(34)33(26)23-13-5-4-11-21(23)29/h4-15,25-26H,1-3H3,(H,31,34)/t25-,26-/m0/s1. The third-order valence-electron chi connectivity index (χ3n) is 6.58. The molecule has 1 aliphatic rings. The Morgan fingerprint density at radius 1 is 0.971 bits per heavy atom. The van der Waals surface area contributed by atoms with E-state index in [0.717, 1.165) is 33.9 Å². The number of hydrogen-bond donors (Lipinski definition) is 1. The third kappa shape index (κ3) is 3.67. The lowest BCUT2D eigenvalue weighted by Crippen LogP contribution is -2.30. The summed E-state index contributed by atoms with van der Waals surface area (Å²) in [6.07, 6.45) is 1.77. The number of aromatic nitrogens is 2. The van der Waals surface area contributed by atoms with Crippen molar-refractivity contribution >= 4 is 34.6 Å². The van der Waals surface area contributed by atoms with Gasteiger partial charge in [0.25, 0.3) is 0 Å². The van der Waals surface area contributed by atoms with E-state index >= 15 is 4.39 Å². The van der Waals surface area contributed by atoms with Gasteiger partial charge in [0.15, 0.2) is 5.11 Å². The second kappa shape index (κ2) is 8.85. The Balaban J connectivity index is 1.75. The zero-order chi connectivity index (χ0) is 24.0. The zero-order valence-corrected chi connectivity index (χ0v) is 20.7. The normalized spacial score (nSPS) is 17.8. The monoisotopic (exact) mass is 490 g/mol. The van der Waals surface area contributed by atoms with Crippen molar-refractivity contribution in [2.45, 2.75) is 32.9 Å². The van der Waals surface area contributed by atoms with Crippen molar-refractivity contribution in [2.75, 3.05) is 4.90 Å². The van der Waals surface area contributed by atoms with Gasteiger partial charge >= 0.3 is 0 Å². The van der Waals surface area contributed by atoms with Crippen molar-refractivity contribution in [3.8, 4) is 5.69 Å². The van der Waals surface area contributed by atoms with Crippen LogP contribution in [0.25, 0.3) is 5.69 Å². The molecule has 1 fully saturated rings. The molecule has 2 atom stereocenters. The van der Waals surface area contributed by atoms with E-state index in [-0.39, 0.29) is 17.9 Å². The second-order valence-corrected chi connectivity index (χ2v) is 9.30. The van der Waals surface area contributed by atoms with Crippen LogP contribution in [-0.4, -0.2) is 14.7 Å². The predicted molar refractivity (Wildman–Crippen MR) is 139 cm³/mol. The SMILES string of the molecule is Cc1c([C@H]2[C@H](c3ccccn3)NC(=S)N2c2ccccc2F)c(C)n(-c2cccc(Cl)c2)c1C. The fourth-order valence-corrected chi connectivity index (χ4v) is 5.52. The third-order valence-corrected chi connectivity index (χ3v) is 7.13. The van der Waals surface area contributed by atoms with Crippen LogP contribution >= 0.6 is 23.8 Å². The van der Waals surface area contributed by atoms with E-state index in [0.29, 0.717) is 15.8 Å². The van der Waals surface area contributed by atoms with Gasteiger partial charge in [-0.05, 0) is 81.0 Å². The lowest BCUT2D eigenvalue weighted by Gasteiger charge is -2.29. The molecule has 34 heavy (non-hydrogen) atoms. The van der Waals surface area contributed by atoms with Gasteiger partial charge < -0.3 is 14.8 Å². The summed E-state index contributed by atoms with van der Waals surface area (Å²) < 4.78 is 17.3. The molecule has 172 valence electrons. The highest BCUT2D eigenvalue weighted by atomic mass is 35.5. The molecular formula is C27H24ClFN4S. The molecule has 2 aromatic heterocycles. The van der Waals surface area contributed by atoms with Crippen molar-refractivity contribution in [1.29, 1.82) is 0 Å². The smallest absolute Gasteiger partial charge is 0.174 e. The molecule has 4 aromatic rings. The molecule has 0 radical (unpaired) electrons. The minimum Gasteiger partial charge on any atom is -0.351 e. The summed E-state index contributed by atoms with van der Waals surface area (Å²) >= 11 is 12.1. The lowest BCUT2D eigenvalue weighted by atomic mass is 9.93. The van der Waals surface area contributed by atoms with Crippen LogP contribution in [0.15, 0.2) is 72.9 Å². The number of thiocarbonyl (C=S) groups is 1. The van der Waals surface area contributed by atoms with Crippen LogP contribution < -0.4 is 10.2 Å². The molecular weight excluding hydrogens is 467 g/mol. The molecule has 1 aliphatic heterocycles. The topological polar surface area (TPSA) is 33.1 Å². The molecule has 2 aromatic carbocycles. The van der Waals surface area contributed by atoms with Gasteiger partial charge in [-0.25, -0.2) is 4.39 Å². The predicted octanol–water partition coefficient (Wildman–Crippen LogP) is 6.77. The number of para-hydroxylation sites is 1. The van der Waals surface area contributed by atoms with E-state index in [1.165, 1.54) is 6.07 Å². The van der Waals surface area contributed by atoms with Gasteiger partial charge in [-0.15, -0.1) is 0 Å². The van der Waals surface area contributed by atoms with Gasteiger partial charge in [0.2, 0.25) is 0 Å². The maximum Gasteiger partial charge on any atom is 0.174 e. The Morgan fingerprint density at radius 2 is 1.74 bits per heavy atom. The molecule has 1 saturated heterocycles. The van der Waals surface area contributed by atoms with Crippen LogP contribution in [-0.2, 0) is 0 Å². The summed E-state index contributed by atoms with van der Waals surface area (Å²) in [4.78, 5) is 6.50. The molecule has 5 rings (SSSR count). The van der Waals surface area contributed by atoms with Crippen molar-refractivity contribution < 1.29 is 4.39 Å². The first-order valence-electron chi connectivity index (χ1n) is 11.1. The minimum absolute atomic E-state index is 0.250. The number of anilines is 1. The molecule has 4 nitrogen and oxygen atoms in total. The average molecular weight is 491 g/mol. The maximum absolute atomic E-state index is 15.1. The van der Waals surface area contributed by atoms with Gasteiger partial charge in [0, 0.05) is 33.9 Å². The van der Waals surface area contributed by atoms with E-state index in [1.807, 2.05) is 53.4 Å². The highest BCUT2D eigenvalue weighted by molar-refractivity contribution is 7.80. The van der Waals surface area contributed by atoms with Crippen molar-refractivity contribution in [3.63, 3.8) is 0 Å². The number of benzene rings is 2. The van der Waals surface area contributed by atoms with Crippen LogP contribution in [0, 0.1) is 26.6 Å². The van der Waals surface area contributed by atoms with Gasteiger partial charge in [0.1, 0.15) is 5.82 Å². The Kier molecular flexibility index (Phi) is 5.88. The summed E-state index contributed by atoms with van der Waals surface area (Å²) in [6.45, 7) is 6.29. The van der Waals surface area contributed by atoms with Crippen LogP contribution in [0.1, 0.15) is 40.3 Å². The van der Waals surface area contributed by atoms with E-state index < -0.39 is 0 Å². The fourth-order valence-electron chi connectivity index (χ4n) is 5.00. The summed E-state index contributed by atoms with van der Waals surface area (Å²) in [5.41, 5.74) is 6.63.